The van der Waals surface area contributed by atoms with Crippen LogP contribution < -0.4 is 8.92 Å². The molecule has 0 atom stereocenters. The van der Waals surface area contributed by atoms with Gasteiger partial charge in [0.1, 0.15) is 17.3 Å². The Morgan fingerprint density at radius 3 is 2.27 bits per heavy atom. The van der Waals surface area contributed by atoms with Gasteiger partial charge in [-0.3, -0.25) is 10.1 Å². The molecule has 0 aliphatic carbocycles. The second-order valence-electron chi connectivity index (χ2n) is 5.47. The summed E-state index contributed by atoms with van der Waals surface area (Å²) in [5, 5.41) is 11.2. The highest BCUT2D eigenvalue weighted by molar-refractivity contribution is 7.87. The van der Waals surface area contributed by atoms with Crippen molar-refractivity contribution in [3.8, 4) is 11.5 Å². The number of nitrogens with zero attached hydrogens (tertiary/aromatic N) is 1. The fourth-order valence-corrected chi connectivity index (χ4v) is 3.26. The van der Waals surface area contributed by atoms with Gasteiger partial charge in [0.2, 0.25) is 0 Å². The molecule has 0 saturated heterocycles. The Kier molecular flexibility index (Phi) is 5.93. The Morgan fingerprint density at radius 1 is 1.12 bits per heavy atom. The van der Waals surface area contributed by atoms with Gasteiger partial charge in [0.15, 0.2) is 4.90 Å². The number of rotatable bonds is 8. The molecule has 9 heteroatoms. The largest absolute Gasteiger partial charge is 0.497 e. The molecule has 0 fully saturated rings. The first-order valence-corrected chi connectivity index (χ1v) is 8.99. The zero-order chi connectivity index (χ0) is 19.3. The van der Waals surface area contributed by atoms with Crippen LogP contribution in [0.25, 0.3) is 0 Å². The molecular weight excluding hydrogens is 362 g/mol. The van der Waals surface area contributed by atoms with E-state index in [2.05, 4.69) is 0 Å². The molecule has 26 heavy (non-hydrogen) atoms. The number of benzene rings is 2. The summed E-state index contributed by atoms with van der Waals surface area (Å²) in [6.45, 7) is 1.49. The fraction of sp³-hybridized carbons (Fsp3) is 0.235. The summed E-state index contributed by atoms with van der Waals surface area (Å²) in [5.74, 6) is 0.229. The van der Waals surface area contributed by atoms with Crippen molar-refractivity contribution in [2.75, 3.05) is 7.11 Å². The average molecular weight is 379 g/mol. The third kappa shape index (κ3) is 4.79. The number of ketones is 1. The average Bonchev–Trinajstić information content (AvgIpc) is 2.60. The van der Waals surface area contributed by atoms with Gasteiger partial charge in [0.25, 0.3) is 5.69 Å². The highest BCUT2D eigenvalue weighted by atomic mass is 32.2. The van der Waals surface area contributed by atoms with E-state index < -0.39 is 25.6 Å². The van der Waals surface area contributed by atoms with Crippen molar-refractivity contribution in [2.45, 2.75) is 24.7 Å². The molecule has 0 aliphatic heterocycles. The summed E-state index contributed by atoms with van der Waals surface area (Å²) in [6.07, 6.45) is 0.920. The summed E-state index contributed by atoms with van der Waals surface area (Å²) < 4.78 is 34.7. The number of hydrogen-bond acceptors (Lipinski definition) is 7. The Morgan fingerprint density at radius 2 is 1.73 bits per heavy atom. The van der Waals surface area contributed by atoms with Gasteiger partial charge < -0.3 is 13.7 Å². The molecule has 0 aliphatic rings. The highest BCUT2D eigenvalue weighted by Gasteiger charge is 2.28. The number of nitro benzene ring substituents is 1. The van der Waals surface area contributed by atoms with Crippen LogP contribution in [0.15, 0.2) is 47.4 Å². The number of carbonyl (C=O) groups is 1. The second-order valence-corrected chi connectivity index (χ2v) is 6.99. The Balaban J connectivity index is 2.26. The molecular formula is C17H17NO7S. The summed E-state index contributed by atoms with van der Waals surface area (Å²) in [5.41, 5.74) is 0.211. The maximum atomic E-state index is 12.4. The molecule has 2 rings (SSSR count). The van der Waals surface area contributed by atoms with Crippen molar-refractivity contribution in [1.29, 1.82) is 0 Å². The molecule has 0 bridgehead atoms. The zero-order valence-electron chi connectivity index (χ0n) is 14.2. The van der Waals surface area contributed by atoms with E-state index >= 15 is 0 Å². The van der Waals surface area contributed by atoms with Crippen LogP contribution in [0.3, 0.4) is 0 Å². The molecule has 2 aromatic rings. The van der Waals surface area contributed by atoms with Crippen molar-refractivity contribution in [2.24, 2.45) is 0 Å². The van der Waals surface area contributed by atoms with Crippen molar-refractivity contribution >= 4 is 21.6 Å². The number of methoxy groups -OCH3 is 1. The number of Topliss-reactive ketones (excluding diaryl/α,β-unsaturated/α-hetero) is 1. The first-order valence-electron chi connectivity index (χ1n) is 7.58. The van der Waals surface area contributed by atoms with Crippen molar-refractivity contribution in [3.63, 3.8) is 0 Å². The molecule has 138 valence electrons. The minimum absolute atomic E-state index is 0.0155. The minimum Gasteiger partial charge on any atom is -0.497 e. The minimum atomic E-state index is -4.40. The number of aryl methyl sites for hydroxylation is 1. The lowest BCUT2D eigenvalue weighted by Crippen LogP contribution is -2.12. The molecule has 2 aromatic carbocycles. The third-order valence-corrected chi connectivity index (χ3v) is 4.82. The van der Waals surface area contributed by atoms with Crippen LogP contribution in [-0.4, -0.2) is 26.2 Å². The topological polar surface area (TPSA) is 113 Å². The second kappa shape index (κ2) is 7.96. The van der Waals surface area contributed by atoms with Crippen LogP contribution >= 0.6 is 0 Å². The molecule has 0 N–H and O–H groups in total. The molecule has 0 spiro atoms. The summed E-state index contributed by atoms with van der Waals surface area (Å²) in [7, 11) is -3.09. The van der Waals surface area contributed by atoms with Crippen LogP contribution in [0.4, 0.5) is 5.69 Å². The molecule has 0 amide bonds. The van der Waals surface area contributed by atoms with Crippen LogP contribution in [0.5, 0.6) is 11.5 Å². The Labute approximate surface area is 150 Å². The van der Waals surface area contributed by atoms with E-state index in [9.17, 15) is 23.3 Å². The van der Waals surface area contributed by atoms with Gasteiger partial charge >= 0.3 is 10.1 Å². The smallest absolute Gasteiger partial charge is 0.346 e. The Hall–Kier alpha value is -2.94. The number of carbonyl (C=O) groups excluding carboxylic acids is 1. The summed E-state index contributed by atoms with van der Waals surface area (Å²) in [6, 6.07) is 9.51. The van der Waals surface area contributed by atoms with Gasteiger partial charge in [-0.1, -0.05) is 12.1 Å². The van der Waals surface area contributed by atoms with E-state index in [1.807, 2.05) is 0 Å². The monoisotopic (exact) mass is 379 g/mol. The van der Waals surface area contributed by atoms with Gasteiger partial charge in [-0.25, -0.2) is 0 Å². The SMILES string of the molecule is COc1ccc(S(=O)(=O)Oc2ccc(CCC(C)=O)cc2)c([N+](=O)[O-])c1. The van der Waals surface area contributed by atoms with Crippen LogP contribution in [0, 0.1) is 10.1 Å². The molecule has 8 nitrogen and oxygen atoms in total. The molecule has 0 aromatic heterocycles. The summed E-state index contributed by atoms with van der Waals surface area (Å²) >= 11 is 0. The standard InChI is InChI=1S/C17H17NO7S/c1-12(19)3-4-13-5-7-14(8-6-13)25-26(22,23)17-10-9-15(24-2)11-16(17)18(20)21/h5-11H,3-4H2,1-2H3. The van der Waals surface area contributed by atoms with Gasteiger partial charge in [-0.15, -0.1) is 0 Å². The Bertz CT molecular complexity index is 921. The van der Waals surface area contributed by atoms with E-state index in [4.69, 9.17) is 8.92 Å². The quantitative estimate of drug-likeness (QED) is 0.394. The predicted molar refractivity (Wildman–Crippen MR) is 92.9 cm³/mol. The van der Waals surface area contributed by atoms with E-state index in [0.717, 1.165) is 17.7 Å². The van der Waals surface area contributed by atoms with Gasteiger partial charge in [-0.2, -0.15) is 8.42 Å². The fourth-order valence-electron chi connectivity index (χ4n) is 2.18. The van der Waals surface area contributed by atoms with Gasteiger partial charge in [0.05, 0.1) is 18.1 Å². The summed E-state index contributed by atoms with van der Waals surface area (Å²) in [4.78, 5) is 20.8. The van der Waals surface area contributed by atoms with Crippen molar-refractivity contribution < 1.29 is 27.1 Å². The van der Waals surface area contributed by atoms with Crippen molar-refractivity contribution in [3.05, 3.63) is 58.1 Å². The molecule has 0 heterocycles. The zero-order valence-corrected chi connectivity index (χ0v) is 15.0. The van der Waals surface area contributed by atoms with Gasteiger partial charge in [-0.05, 0) is 43.2 Å². The van der Waals surface area contributed by atoms with Crippen molar-refractivity contribution in [1.82, 2.24) is 0 Å². The number of nitro groups is 1. The molecule has 0 saturated carbocycles. The highest BCUT2D eigenvalue weighted by Crippen LogP contribution is 2.30. The lowest BCUT2D eigenvalue weighted by Gasteiger charge is -2.09. The number of hydrogen-bond donors (Lipinski definition) is 0. The maximum Gasteiger partial charge on any atom is 0.346 e. The lowest BCUT2D eigenvalue weighted by molar-refractivity contribution is -0.388. The first-order chi connectivity index (χ1) is 12.2. The van der Waals surface area contributed by atoms with Crippen LogP contribution in [0.2, 0.25) is 0 Å². The predicted octanol–water partition coefficient (Wildman–Crippen LogP) is 2.89. The van der Waals surface area contributed by atoms with E-state index in [1.54, 1.807) is 12.1 Å². The normalized spacial score (nSPS) is 11.0. The first kappa shape index (κ1) is 19.4. The molecule has 0 unspecified atom stereocenters. The maximum absolute atomic E-state index is 12.4. The molecule has 0 radical (unpaired) electrons. The third-order valence-electron chi connectivity index (χ3n) is 3.53. The van der Waals surface area contributed by atoms with Gasteiger partial charge in [0, 0.05) is 6.42 Å². The lowest BCUT2D eigenvalue weighted by atomic mass is 10.1. The van der Waals surface area contributed by atoms with E-state index in [-0.39, 0.29) is 17.3 Å². The van der Waals surface area contributed by atoms with E-state index in [0.29, 0.717) is 12.8 Å². The van der Waals surface area contributed by atoms with Crippen LogP contribution in [-0.2, 0) is 21.3 Å². The van der Waals surface area contributed by atoms with E-state index in [1.165, 1.54) is 32.2 Å². The number of ether oxygens (including phenoxy) is 1. The van der Waals surface area contributed by atoms with Crippen LogP contribution in [0.1, 0.15) is 18.9 Å².